The van der Waals surface area contributed by atoms with Crippen LogP contribution in [0.1, 0.15) is 45.4 Å². The van der Waals surface area contributed by atoms with Gasteiger partial charge in [-0.2, -0.15) is 0 Å². The van der Waals surface area contributed by atoms with Crippen LogP contribution in [0.25, 0.3) is 0 Å². The second kappa shape index (κ2) is 4.87. The third kappa shape index (κ3) is 2.51. The van der Waals surface area contributed by atoms with E-state index in [4.69, 9.17) is 9.47 Å². The molecule has 1 spiro atoms. The largest absolute Gasteiger partial charge is 0.378 e. The molecule has 3 unspecified atom stereocenters. The van der Waals surface area contributed by atoms with E-state index >= 15 is 0 Å². The van der Waals surface area contributed by atoms with Crippen molar-refractivity contribution in [2.45, 2.75) is 63.1 Å². The van der Waals surface area contributed by atoms with Crippen LogP contribution in [0.2, 0.25) is 0 Å². The molecule has 3 nitrogen and oxygen atoms in total. The molecule has 3 atom stereocenters. The highest BCUT2D eigenvalue weighted by atomic mass is 16.6. The number of ether oxygens (including phenoxy) is 2. The summed E-state index contributed by atoms with van der Waals surface area (Å²) in [6, 6.07) is 1.33. The highest BCUT2D eigenvalue weighted by molar-refractivity contribution is 4.94. The molecule has 0 bridgehead atoms. The van der Waals surface area contributed by atoms with Gasteiger partial charge in [-0.1, -0.05) is 6.42 Å². The van der Waals surface area contributed by atoms with Crippen molar-refractivity contribution >= 4 is 0 Å². The van der Waals surface area contributed by atoms with E-state index in [9.17, 15) is 0 Å². The van der Waals surface area contributed by atoms with Crippen molar-refractivity contribution in [3.8, 4) is 0 Å². The van der Waals surface area contributed by atoms with Crippen LogP contribution in [-0.4, -0.2) is 37.5 Å². The van der Waals surface area contributed by atoms with Gasteiger partial charge >= 0.3 is 0 Å². The summed E-state index contributed by atoms with van der Waals surface area (Å²) < 4.78 is 11.5. The predicted octanol–water partition coefficient (Wildman–Crippen LogP) is 2.10. The summed E-state index contributed by atoms with van der Waals surface area (Å²) >= 11 is 0. The van der Waals surface area contributed by atoms with Crippen LogP contribution in [0, 0.1) is 5.92 Å². The average Bonchev–Trinajstić information content (AvgIpc) is 2.63. The maximum Gasteiger partial charge on any atom is 0.0951 e. The monoisotopic (exact) mass is 239 g/mol. The maximum absolute atomic E-state index is 5.97. The zero-order valence-corrected chi connectivity index (χ0v) is 10.9. The first-order valence-electron chi connectivity index (χ1n) is 7.25. The van der Waals surface area contributed by atoms with Crippen molar-refractivity contribution in [1.29, 1.82) is 0 Å². The van der Waals surface area contributed by atoms with Gasteiger partial charge < -0.3 is 14.8 Å². The van der Waals surface area contributed by atoms with Gasteiger partial charge in [-0.3, -0.25) is 0 Å². The van der Waals surface area contributed by atoms with E-state index < -0.39 is 0 Å². The fraction of sp³-hybridized carbons (Fsp3) is 1.00. The quantitative estimate of drug-likeness (QED) is 0.818. The molecule has 1 saturated carbocycles. The van der Waals surface area contributed by atoms with Crippen LogP contribution >= 0.6 is 0 Å². The Labute approximate surface area is 104 Å². The minimum atomic E-state index is 0.0508. The third-order valence-electron chi connectivity index (χ3n) is 4.92. The summed E-state index contributed by atoms with van der Waals surface area (Å²) in [6.07, 6.45) is 7.67. The smallest absolute Gasteiger partial charge is 0.0951 e. The molecule has 1 N–H and O–H groups in total. The number of nitrogens with one attached hydrogen (secondary N) is 1. The molecule has 0 radical (unpaired) electrons. The first kappa shape index (κ1) is 11.9. The molecule has 3 fully saturated rings. The molecule has 17 heavy (non-hydrogen) atoms. The molecule has 0 aromatic carbocycles. The molecule has 0 amide bonds. The number of hydrogen-bond donors (Lipinski definition) is 1. The SMILES string of the molecule is CC(NC1CCOC2(CCOC2)C1)C1CCC1. The topological polar surface area (TPSA) is 30.5 Å². The summed E-state index contributed by atoms with van der Waals surface area (Å²) in [5, 5.41) is 3.84. The summed E-state index contributed by atoms with van der Waals surface area (Å²) in [4.78, 5) is 0. The molecule has 3 aliphatic rings. The lowest BCUT2D eigenvalue weighted by molar-refractivity contribution is -0.0911. The molecular formula is C14H25NO2. The van der Waals surface area contributed by atoms with E-state index in [1.165, 1.54) is 25.7 Å². The van der Waals surface area contributed by atoms with Crippen molar-refractivity contribution < 1.29 is 9.47 Å². The molecule has 2 heterocycles. The van der Waals surface area contributed by atoms with E-state index in [1.54, 1.807) is 0 Å². The Kier molecular flexibility index (Phi) is 3.42. The van der Waals surface area contributed by atoms with Crippen molar-refractivity contribution in [2.24, 2.45) is 5.92 Å². The minimum absolute atomic E-state index is 0.0508. The zero-order valence-electron chi connectivity index (χ0n) is 10.9. The van der Waals surface area contributed by atoms with Crippen LogP contribution in [0.5, 0.6) is 0 Å². The predicted molar refractivity (Wildman–Crippen MR) is 67.1 cm³/mol. The van der Waals surface area contributed by atoms with Gasteiger partial charge in [-0.15, -0.1) is 0 Å². The van der Waals surface area contributed by atoms with Crippen molar-refractivity contribution in [3.63, 3.8) is 0 Å². The Morgan fingerprint density at radius 1 is 1.24 bits per heavy atom. The number of hydrogen-bond acceptors (Lipinski definition) is 3. The summed E-state index contributed by atoms with van der Waals surface area (Å²) in [5.41, 5.74) is 0.0508. The highest BCUT2D eigenvalue weighted by Crippen LogP contribution is 2.34. The lowest BCUT2D eigenvalue weighted by Crippen LogP contribution is -2.51. The normalized spacial score (nSPS) is 40.4. The molecule has 3 rings (SSSR count). The van der Waals surface area contributed by atoms with Gasteiger partial charge in [0.15, 0.2) is 0 Å². The molecule has 2 saturated heterocycles. The van der Waals surface area contributed by atoms with E-state index in [2.05, 4.69) is 12.2 Å². The van der Waals surface area contributed by atoms with Crippen molar-refractivity contribution in [3.05, 3.63) is 0 Å². The van der Waals surface area contributed by atoms with Gasteiger partial charge in [0.05, 0.1) is 12.2 Å². The van der Waals surface area contributed by atoms with Crippen LogP contribution < -0.4 is 5.32 Å². The van der Waals surface area contributed by atoms with Gasteiger partial charge in [0.25, 0.3) is 0 Å². The lowest BCUT2D eigenvalue weighted by atomic mass is 9.79. The molecular weight excluding hydrogens is 214 g/mol. The molecule has 1 aliphatic carbocycles. The Morgan fingerprint density at radius 3 is 2.76 bits per heavy atom. The molecule has 0 aromatic heterocycles. The van der Waals surface area contributed by atoms with Crippen LogP contribution in [0.15, 0.2) is 0 Å². The van der Waals surface area contributed by atoms with Crippen LogP contribution in [-0.2, 0) is 9.47 Å². The van der Waals surface area contributed by atoms with Gasteiger partial charge in [0.1, 0.15) is 0 Å². The van der Waals surface area contributed by atoms with Crippen molar-refractivity contribution in [2.75, 3.05) is 19.8 Å². The Bertz CT molecular complexity index is 259. The van der Waals surface area contributed by atoms with E-state index in [0.29, 0.717) is 12.1 Å². The van der Waals surface area contributed by atoms with Crippen LogP contribution in [0.4, 0.5) is 0 Å². The standard InChI is InChI=1S/C14H25NO2/c1-11(12-3-2-4-12)15-13-5-7-17-14(9-13)6-8-16-10-14/h11-13,15H,2-10H2,1H3. The summed E-state index contributed by atoms with van der Waals surface area (Å²) in [5.74, 6) is 0.925. The fourth-order valence-corrected chi connectivity index (χ4v) is 3.48. The molecule has 2 aliphatic heterocycles. The van der Waals surface area contributed by atoms with Crippen LogP contribution in [0.3, 0.4) is 0 Å². The molecule has 3 heteroatoms. The summed E-state index contributed by atoms with van der Waals surface area (Å²) in [6.45, 7) is 4.95. The average molecular weight is 239 g/mol. The second-order valence-corrected chi connectivity index (χ2v) is 6.17. The van der Waals surface area contributed by atoms with E-state index in [1.807, 2.05) is 0 Å². The van der Waals surface area contributed by atoms with Gasteiger partial charge in [0, 0.05) is 31.7 Å². The Hall–Kier alpha value is -0.120. The van der Waals surface area contributed by atoms with Gasteiger partial charge in [-0.25, -0.2) is 0 Å². The van der Waals surface area contributed by atoms with Gasteiger partial charge in [0.2, 0.25) is 0 Å². The minimum Gasteiger partial charge on any atom is -0.378 e. The zero-order chi connectivity index (χ0) is 11.7. The highest BCUT2D eigenvalue weighted by Gasteiger charge is 2.41. The summed E-state index contributed by atoms with van der Waals surface area (Å²) in [7, 11) is 0. The fourth-order valence-electron chi connectivity index (χ4n) is 3.48. The first-order valence-corrected chi connectivity index (χ1v) is 7.25. The van der Waals surface area contributed by atoms with Crippen molar-refractivity contribution in [1.82, 2.24) is 5.32 Å². The van der Waals surface area contributed by atoms with Gasteiger partial charge in [-0.05, 0) is 38.5 Å². The Balaban J connectivity index is 1.52. The lowest BCUT2D eigenvalue weighted by Gasteiger charge is -2.41. The number of rotatable bonds is 3. The molecule has 98 valence electrons. The second-order valence-electron chi connectivity index (χ2n) is 6.17. The van der Waals surface area contributed by atoms with E-state index in [-0.39, 0.29) is 5.60 Å². The first-order chi connectivity index (χ1) is 8.27. The maximum atomic E-state index is 5.97. The third-order valence-corrected chi connectivity index (χ3v) is 4.92. The van der Waals surface area contributed by atoms with E-state index in [0.717, 1.165) is 38.6 Å². The molecule has 0 aromatic rings. The Morgan fingerprint density at radius 2 is 2.12 bits per heavy atom.